The molecule has 0 saturated heterocycles. The van der Waals surface area contributed by atoms with E-state index in [4.69, 9.17) is 16.3 Å². The number of rotatable bonds is 13. The lowest BCUT2D eigenvalue weighted by Gasteiger charge is -2.33. The van der Waals surface area contributed by atoms with Crippen LogP contribution in [0.3, 0.4) is 0 Å². The third-order valence-electron chi connectivity index (χ3n) is 5.32. The predicted molar refractivity (Wildman–Crippen MR) is 139 cm³/mol. The number of halogens is 1. The molecule has 0 bridgehead atoms. The summed E-state index contributed by atoms with van der Waals surface area (Å²) >= 11 is 6.00. The molecule has 1 atom stereocenters. The van der Waals surface area contributed by atoms with Crippen LogP contribution >= 0.6 is 11.6 Å². The second-order valence-corrected chi connectivity index (χ2v) is 10.4. The average molecular weight is 524 g/mol. The molecule has 2 aromatic rings. The van der Waals surface area contributed by atoms with Gasteiger partial charge in [-0.15, -0.1) is 0 Å². The summed E-state index contributed by atoms with van der Waals surface area (Å²) in [6.45, 7) is 6.27. The molecule has 0 unspecified atom stereocenters. The summed E-state index contributed by atoms with van der Waals surface area (Å²) in [6.07, 6.45) is 2.18. The SMILES string of the molecule is CCCNC(=O)[C@H](CC)N(Cc1ccc(Cl)cc1)C(=O)CN(c1ccc(OCC)cc1)S(C)(=O)=O. The minimum absolute atomic E-state index is 0.134. The van der Waals surface area contributed by atoms with Crippen molar-refractivity contribution < 1.29 is 22.7 Å². The molecule has 8 nitrogen and oxygen atoms in total. The molecule has 2 aromatic carbocycles. The van der Waals surface area contributed by atoms with E-state index in [2.05, 4.69) is 5.32 Å². The largest absolute Gasteiger partial charge is 0.494 e. The van der Waals surface area contributed by atoms with E-state index in [1.54, 1.807) is 48.5 Å². The van der Waals surface area contributed by atoms with Crippen LogP contribution in [-0.4, -0.2) is 57.1 Å². The van der Waals surface area contributed by atoms with Crippen LogP contribution < -0.4 is 14.4 Å². The van der Waals surface area contributed by atoms with Gasteiger partial charge in [0.25, 0.3) is 0 Å². The number of benzene rings is 2. The van der Waals surface area contributed by atoms with Crippen molar-refractivity contribution in [3.8, 4) is 5.75 Å². The van der Waals surface area contributed by atoms with Crippen molar-refractivity contribution in [3.63, 3.8) is 0 Å². The fourth-order valence-corrected chi connectivity index (χ4v) is 4.54. The topological polar surface area (TPSA) is 96.0 Å². The number of carbonyl (C=O) groups is 2. The third kappa shape index (κ3) is 8.43. The number of carbonyl (C=O) groups excluding carboxylic acids is 2. The molecule has 0 aliphatic heterocycles. The maximum atomic E-state index is 13.6. The molecule has 0 saturated carbocycles. The van der Waals surface area contributed by atoms with Crippen molar-refractivity contribution in [1.29, 1.82) is 0 Å². The van der Waals surface area contributed by atoms with Crippen LogP contribution in [0.25, 0.3) is 0 Å². The number of hydrogen-bond donors (Lipinski definition) is 1. The first kappa shape index (κ1) is 28.5. The van der Waals surface area contributed by atoms with Crippen LogP contribution in [0.4, 0.5) is 5.69 Å². The Bertz CT molecular complexity index is 1080. The molecule has 35 heavy (non-hydrogen) atoms. The van der Waals surface area contributed by atoms with Crippen LogP contribution in [0.5, 0.6) is 5.75 Å². The van der Waals surface area contributed by atoms with Gasteiger partial charge in [-0.3, -0.25) is 13.9 Å². The lowest BCUT2D eigenvalue weighted by Crippen LogP contribution is -2.52. The van der Waals surface area contributed by atoms with E-state index < -0.39 is 28.5 Å². The van der Waals surface area contributed by atoms with Gasteiger partial charge in [0.2, 0.25) is 21.8 Å². The molecule has 0 aliphatic carbocycles. The van der Waals surface area contributed by atoms with Gasteiger partial charge in [-0.05, 0) is 61.7 Å². The van der Waals surface area contributed by atoms with Gasteiger partial charge in [-0.25, -0.2) is 8.42 Å². The van der Waals surface area contributed by atoms with Gasteiger partial charge in [0, 0.05) is 18.1 Å². The molecule has 2 amide bonds. The van der Waals surface area contributed by atoms with Gasteiger partial charge in [0.05, 0.1) is 18.6 Å². The Balaban J connectivity index is 2.38. The maximum absolute atomic E-state index is 13.6. The zero-order chi connectivity index (χ0) is 26.0. The Morgan fingerprint density at radius 3 is 2.17 bits per heavy atom. The summed E-state index contributed by atoms with van der Waals surface area (Å²) in [7, 11) is -3.79. The summed E-state index contributed by atoms with van der Waals surface area (Å²) in [4.78, 5) is 27.9. The zero-order valence-electron chi connectivity index (χ0n) is 20.7. The third-order valence-corrected chi connectivity index (χ3v) is 6.71. The Morgan fingerprint density at radius 1 is 1.03 bits per heavy atom. The van der Waals surface area contributed by atoms with Crippen molar-refractivity contribution in [2.24, 2.45) is 0 Å². The van der Waals surface area contributed by atoms with Gasteiger partial charge in [-0.2, -0.15) is 0 Å². The Labute approximate surface area is 213 Å². The van der Waals surface area contributed by atoms with E-state index >= 15 is 0 Å². The standard InChI is InChI=1S/C25H34ClN3O5S/c1-5-16-27-25(31)23(6-2)28(17-19-8-10-20(26)11-9-19)24(30)18-29(35(4,32)33)21-12-14-22(15-13-21)34-7-3/h8-15,23H,5-7,16-18H2,1-4H3,(H,27,31)/t23-/m0/s1. The Kier molecular flexibility index (Phi) is 10.9. The molecule has 0 aromatic heterocycles. The second-order valence-electron chi connectivity index (χ2n) is 8.06. The summed E-state index contributed by atoms with van der Waals surface area (Å²) in [5.41, 5.74) is 1.11. The van der Waals surface area contributed by atoms with Crippen LogP contribution in [0.2, 0.25) is 5.02 Å². The minimum atomic E-state index is -3.79. The molecule has 0 heterocycles. The average Bonchev–Trinajstić information content (AvgIpc) is 2.82. The van der Waals surface area contributed by atoms with Crippen molar-refractivity contribution in [2.75, 3.05) is 30.3 Å². The van der Waals surface area contributed by atoms with E-state index in [9.17, 15) is 18.0 Å². The lowest BCUT2D eigenvalue weighted by molar-refractivity contribution is -0.140. The van der Waals surface area contributed by atoms with Gasteiger partial charge < -0.3 is 15.0 Å². The van der Waals surface area contributed by atoms with E-state index in [0.29, 0.717) is 36.0 Å². The van der Waals surface area contributed by atoms with Crippen molar-refractivity contribution in [3.05, 3.63) is 59.1 Å². The normalized spacial score (nSPS) is 12.0. The van der Waals surface area contributed by atoms with Crippen molar-refractivity contribution in [2.45, 2.75) is 46.2 Å². The Hall–Kier alpha value is -2.78. The highest BCUT2D eigenvalue weighted by Gasteiger charge is 2.31. The van der Waals surface area contributed by atoms with E-state index in [-0.39, 0.29) is 12.5 Å². The highest BCUT2D eigenvalue weighted by atomic mass is 35.5. The van der Waals surface area contributed by atoms with Crippen LogP contribution in [0.15, 0.2) is 48.5 Å². The first-order chi connectivity index (χ1) is 16.6. The molecule has 10 heteroatoms. The van der Waals surface area contributed by atoms with Gasteiger partial charge >= 0.3 is 0 Å². The monoisotopic (exact) mass is 523 g/mol. The molecular formula is C25H34ClN3O5S. The number of amides is 2. The first-order valence-electron chi connectivity index (χ1n) is 11.6. The molecule has 0 aliphatic rings. The number of sulfonamides is 1. The summed E-state index contributed by atoms with van der Waals surface area (Å²) < 4.78 is 31.7. The number of hydrogen-bond acceptors (Lipinski definition) is 5. The molecular weight excluding hydrogens is 490 g/mol. The molecule has 192 valence electrons. The number of ether oxygens (including phenoxy) is 1. The van der Waals surface area contributed by atoms with Crippen molar-refractivity contribution in [1.82, 2.24) is 10.2 Å². The smallest absolute Gasteiger partial charge is 0.244 e. The number of nitrogens with one attached hydrogen (secondary N) is 1. The molecule has 0 radical (unpaired) electrons. The highest BCUT2D eigenvalue weighted by Crippen LogP contribution is 2.23. The molecule has 1 N–H and O–H groups in total. The minimum Gasteiger partial charge on any atom is -0.494 e. The maximum Gasteiger partial charge on any atom is 0.244 e. The van der Waals surface area contributed by atoms with Crippen LogP contribution in [-0.2, 0) is 26.2 Å². The fraction of sp³-hybridized carbons (Fsp3) is 0.440. The van der Waals surface area contributed by atoms with Gasteiger partial charge in [0.15, 0.2) is 0 Å². The van der Waals surface area contributed by atoms with E-state index in [1.807, 2.05) is 20.8 Å². The first-order valence-corrected chi connectivity index (χ1v) is 13.8. The van der Waals surface area contributed by atoms with Gasteiger partial charge in [0.1, 0.15) is 18.3 Å². The summed E-state index contributed by atoms with van der Waals surface area (Å²) in [5.74, 6) is -0.166. The lowest BCUT2D eigenvalue weighted by atomic mass is 10.1. The molecule has 2 rings (SSSR count). The Morgan fingerprint density at radius 2 is 1.66 bits per heavy atom. The molecule has 0 fully saturated rings. The van der Waals surface area contributed by atoms with Crippen molar-refractivity contribution >= 4 is 39.1 Å². The zero-order valence-corrected chi connectivity index (χ0v) is 22.2. The summed E-state index contributed by atoms with van der Waals surface area (Å²) in [5, 5.41) is 3.40. The quantitative estimate of drug-likeness (QED) is 0.430. The predicted octanol–water partition coefficient (Wildman–Crippen LogP) is 3.84. The number of anilines is 1. The summed E-state index contributed by atoms with van der Waals surface area (Å²) in [6, 6.07) is 12.7. The highest BCUT2D eigenvalue weighted by molar-refractivity contribution is 7.92. The van der Waals surface area contributed by atoms with Crippen LogP contribution in [0, 0.1) is 0 Å². The molecule has 0 spiro atoms. The second kappa shape index (κ2) is 13.3. The van der Waals surface area contributed by atoms with Gasteiger partial charge in [-0.1, -0.05) is 37.6 Å². The van der Waals surface area contributed by atoms with E-state index in [1.165, 1.54) is 4.90 Å². The van der Waals surface area contributed by atoms with E-state index in [0.717, 1.165) is 22.5 Å². The number of nitrogens with zero attached hydrogens (tertiary/aromatic N) is 2. The fourth-order valence-electron chi connectivity index (χ4n) is 3.56. The van der Waals surface area contributed by atoms with Crippen LogP contribution in [0.1, 0.15) is 39.2 Å².